The average Bonchev–Trinajstić information content (AvgIpc) is 2.79. The van der Waals surface area contributed by atoms with Gasteiger partial charge in [0.05, 0.1) is 0 Å². The SMILES string of the molecule is CC(C)CNC(=O)CCNC(=O)NC1CCCC1. The van der Waals surface area contributed by atoms with E-state index in [0.29, 0.717) is 31.5 Å². The number of hydrogen-bond donors (Lipinski definition) is 3. The van der Waals surface area contributed by atoms with Gasteiger partial charge < -0.3 is 16.0 Å². The highest BCUT2D eigenvalue weighted by molar-refractivity contribution is 5.78. The van der Waals surface area contributed by atoms with E-state index >= 15 is 0 Å². The topological polar surface area (TPSA) is 70.2 Å². The highest BCUT2D eigenvalue weighted by Gasteiger charge is 2.16. The molecule has 0 saturated heterocycles. The standard InChI is InChI=1S/C13H25N3O2/c1-10(2)9-15-12(17)7-8-14-13(18)16-11-5-3-4-6-11/h10-11H,3-9H2,1-2H3,(H,15,17)(H2,14,16,18). The molecule has 0 bridgehead atoms. The van der Waals surface area contributed by atoms with Gasteiger partial charge in [0, 0.05) is 25.6 Å². The molecule has 0 spiro atoms. The minimum absolute atomic E-state index is 0.00938. The van der Waals surface area contributed by atoms with Crippen LogP contribution in [0.3, 0.4) is 0 Å². The molecule has 0 aromatic heterocycles. The van der Waals surface area contributed by atoms with Crippen LogP contribution in [0.1, 0.15) is 46.0 Å². The molecule has 0 aromatic carbocycles. The number of amides is 3. The Kier molecular flexibility index (Phi) is 6.54. The fraction of sp³-hybridized carbons (Fsp3) is 0.846. The molecule has 0 unspecified atom stereocenters. The van der Waals surface area contributed by atoms with Crippen LogP contribution < -0.4 is 16.0 Å². The first-order chi connectivity index (χ1) is 8.58. The van der Waals surface area contributed by atoms with Crippen molar-refractivity contribution in [3.05, 3.63) is 0 Å². The van der Waals surface area contributed by atoms with Crippen LogP contribution in [0.25, 0.3) is 0 Å². The van der Waals surface area contributed by atoms with Gasteiger partial charge >= 0.3 is 6.03 Å². The number of rotatable bonds is 6. The van der Waals surface area contributed by atoms with Gasteiger partial charge in [0.25, 0.3) is 0 Å². The number of carbonyl (C=O) groups excluding carboxylic acids is 2. The normalized spacial score (nSPS) is 15.7. The quantitative estimate of drug-likeness (QED) is 0.671. The molecular weight excluding hydrogens is 230 g/mol. The van der Waals surface area contributed by atoms with E-state index in [4.69, 9.17) is 0 Å². The summed E-state index contributed by atoms with van der Waals surface area (Å²) < 4.78 is 0. The Morgan fingerprint density at radius 3 is 2.44 bits per heavy atom. The van der Waals surface area contributed by atoms with E-state index in [9.17, 15) is 9.59 Å². The Bertz CT molecular complexity index is 273. The second-order valence-corrected chi connectivity index (χ2v) is 5.33. The van der Waals surface area contributed by atoms with Crippen LogP contribution in [0.15, 0.2) is 0 Å². The van der Waals surface area contributed by atoms with Crippen LogP contribution in [-0.4, -0.2) is 31.1 Å². The molecule has 5 heteroatoms. The molecule has 1 rings (SSSR count). The summed E-state index contributed by atoms with van der Waals surface area (Å²) in [4.78, 5) is 22.9. The first kappa shape index (κ1) is 14.8. The Morgan fingerprint density at radius 2 is 1.83 bits per heavy atom. The molecule has 0 radical (unpaired) electrons. The van der Waals surface area contributed by atoms with Crippen LogP contribution in [-0.2, 0) is 4.79 Å². The highest BCUT2D eigenvalue weighted by atomic mass is 16.2. The van der Waals surface area contributed by atoms with Crippen molar-refractivity contribution in [3.63, 3.8) is 0 Å². The van der Waals surface area contributed by atoms with Gasteiger partial charge in [-0.3, -0.25) is 4.79 Å². The van der Waals surface area contributed by atoms with Gasteiger partial charge in [-0.15, -0.1) is 0 Å². The lowest BCUT2D eigenvalue weighted by atomic mass is 10.2. The average molecular weight is 255 g/mol. The summed E-state index contributed by atoms with van der Waals surface area (Å²) in [6.07, 6.45) is 4.88. The molecule has 3 amide bonds. The molecule has 1 aliphatic carbocycles. The van der Waals surface area contributed by atoms with Crippen molar-refractivity contribution < 1.29 is 9.59 Å². The van der Waals surface area contributed by atoms with E-state index in [2.05, 4.69) is 16.0 Å². The summed E-state index contributed by atoms with van der Waals surface area (Å²) in [6, 6.07) is 0.165. The fourth-order valence-corrected chi connectivity index (χ4v) is 2.00. The van der Waals surface area contributed by atoms with E-state index in [1.54, 1.807) is 0 Å². The summed E-state index contributed by atoms with van der Waals surface area (Å²) in [5, 5.41) is 8.46. The second kappa shape index (κ2) is 7.95. The lowest BCUT2D eigenvalue weighted by Crippen LogP contribution is -2.42. The monoisotopic (exact) mass is 255 g/mol. The third-order valence-corrected chi connectivity index (χ3v) is 3.04. The largest absolute Gasteiger partial charge is 0.356 e. The first-order valence-electron chi connectivity index (χ1n) is 6.89. The zero-order valence-electron chi connectivity index (χ0n) is 11.4. The predicted octanol–water partition coefficient (Wildman–Crippen LogP) is 1.39. The third-order valence-electron chi connectivity index (χ3n) is 3.04. The van der Waals surface area contributed by atoms with E-state index in [0.717, 1.165) is 12.8 Å². The van der Waals surface area contributed by atoms with E-state index in [1.165, 1.54) is 12.8 Å². The van der Waals surface area contributed by atoms with Crippen LogP contribution in [0.5, 0.6) is 0 Å². The molecule has 1 fully saturated rings. The summed E-state index contributed by atoms with van der Waals surface area (Å²) in [6.45, 7) is 5.18. The van der Waals surface area contributed by atoms with Crippen molar-refractivity contribution in [3.8, 4) is 0 Å². The van der Waals surface area contributed by atoms with Crippen molar-refractivity contribution in [2.24, 2.45) is 5.92 Å². The Morgan fingerprint density at radius 1 is 1.17 bits per heavy atom. The van der Waals surface area contributed by atoms with Crippen molar-refractivity contribution in [1.82, 2.24) is 16.0 Å². The lowest BCUT2D eigenvalue weighted by molar-refractivity contribution is -0.121. The summed E-state index contributed by atoms with van der Waals surface area (Å²) in [5.74, 6) is 0.442. The molecule has 1 aliphatic rings. The zero-order chi connectivity index (χ0) is 13.4. The maximum atomic E-state index is 11.5. The molecule has 0 aliphatic heterocycles. The van der Waals surface area contributed by atoms with Gasteiger partial charge in [-0.2, -0.15) is 0 Å². The van der Waals surface area contributed by atoms with Crippen molar-refractivity contribution in [2.75, 3.05) is 13.1 Å². The first-order valence-corrected chi connectivity index (χ1v) is 6.89. The van der Waals surface area contributed by atoms with Crippen LogP contribution >= 0.6 is 0 Å². The maximum Gasteiger partial charge on any atom is 0.315 e. The number of hydrogen-bond acceptors (Lipinski definition) is 2. The molecular formula is C13H25N3O2. The van der Waals surface area contributed by atoms with Gasteiger partial charge in [0.2, 0.25) is 5.91 Å². The van der Waals surface area contributed by atoms with Crippen molar-refractivity contribution in [1.29, 1.82) is 0 Å². The predicted molar refractivity (Wildman–Crippen MR) is 71.3 cm³/mol. The van der Waals surface area contributed by atoms with E-state index < -0.39 is 0 Å². The Hall–Kier alpha value is -1.26. The number of carbonyl (C=O) groups is 2. The van der Waals surface area contributed by atoms with Crippen molar-refractivity contribution >= 4 is 11.9 Å². The van der Waals surface area contributed by atoms with Gasteiger partial charge in [-0.1, -0.05) is 26.7 Å². The summed E-state index contributed by atoms with van der Waals surface area (Å²) in [5.41, 5.74) is 0. The number of nitrogens with one attached hydrogen (secondary N) is 3. The van der Waals surface area contributed by atoms with Gasteiger partial charge in [0.15, 0.2) is 0 Å². The second-order valence-electron chi connectivity index (χ2n) is 5.33. The molecule has 5 nitrogen and oxygen atoms in total. The van der Waals surface area contributed by atoms with Gasteiger partial charge in [0.1, 0.15) is 0 Å². The minimum atomic E-state index is -0.154. The summed E-state index contributed by atoms with van der Waals surface area (Å²) >= 11 is 0. The van der Waals surface area contributed by atoms with Gasteiger partial charge in [-0.05, 0) is 18.8 Å². The Balaban J connectivity index is 2.02. The van der Waals surface area contributed by atoms with E-state index in [-0.39, 0.29) is 11.9 Å². The number of urea groups is 1. The Labute approximate surface area is 109 Å². The third kappa shape index (κ3) is 6.47. The maximum absolute atomic E-state index is 11.5. The zero-order valence-corrected chi connectivity index (χ0v) is 11.4. The molecule has 3 N–H and O–H groups in total. The lowest BCUT2D eigenvalue weighted by Gasteiger charge is -2.13. The highest BCUT2D eigenvalue weighted by Crippen LogP contribution is 2.17. The van der Waals surface area contributed by atoms with Crippen LogP contribution in [0.2, 0.25) is 0 Å². The van der Waals surface area contributed by atoms with Crippen LogP contribution in [0.4, 0.5) is 4.79 Å². The molecule has 0 heterocycles. The molecule has 0 aromatic rings. The van der Waals surface area contributed by atoms with E-state index in [1.807, 2.05) is 13.8 Å². The molecule has 18 heavy (non-hydrogen) atoms. The summed E-state index contributed by atoms with van der Waals surface area (Å²) in [7, 11) is 0. The van der Waals surface area contributed by atoms with Crippen molar-refractivity contribution in [2.45, 2.75) is 52.0 Å². The molecule has 104 valence electrons. The smallest absolute Gasteiger partial charge is 0.315 e. The molecule has 0 atom stereocenters. The van der Waals surface area contributed by atoms with Gasteiger partial charge in [-0.25, -0.2) is 4.79 Å². The minimum Gasteiger partial charge on any atom is -0.356 e. The molecule has 1 saturated carbocycles. The fourth-order valence-electron chi connectivity index (χ4n) is 2.00. The van der Waals surface area contributed by atoms with Crippen LogP contribution in [0, 0.1) is 5.92 Å².